The molecular weight excluding hydrogens is 336 g/mol. The van der Waals surface area contributed by atoms with Crippen molar-refractivity contribution in [3.05, 3.63) is 65.7 Å². The molecule has 0 aliphatic rings. The fourth-order valence-electron chi connectivity index (χ4n) is 2.18. The Bertz CT molecular complexity index is 816. The molecule has 0 unspecified atom stereocenters. The summed E-state index contributed by atoms with van der Waals surface area (Å²) in [6, 6.07) is 17.1. The maximum Gasteiger partial charge on any atom is 0.270 e. The summed E-state index contributed by atoms with van der Waals surface area (Å²) in [5.74, 6) is 1.37. The summed E-state index contributed by atoms with van der Waals surface area (Å²) >= 11 is 1.44. The van der Waals surface area contributed by atoms with Crippen LogP contribution in [-0.4, -0.2) is 31.2 Å². The van der Waals surface area contributed by atoms with Gasteiger partial charge in [0.05, 0.1) is 13.7 Å². The minimum Gasteiger partial charge on any atom is -0.497 e. The Kier molecular flexibility index (Phi) is 5.64. The largest absolute Gasteiger partial charge is 0.497 e. The average Bonchev–Trinajstić information content (AvgIpc) is 3.16. The lowest BCUT2D eigenvalue weighted by Gasteiger charge is -2.06. The molecule has 1 heterocycles. The number of nitrogens with zero attached hydrogens (tertiary/aromatic N) is 1. The first-order valence-electron chi connectivity index (χ1n) is 7.82. The van der Waals surface area contributed by atoms with E-state index in [1.807, 2.05) is 54.6 Å². The topological polar surface area (TPSA) is 60.5 Å². The second-order valence-electron chi connectivity index (χ2n) is 5.18. The highest BCUT2D eigenvalue weighted by molar-refractivity contribution is 7.13. The maximum atomic E-state index is 12.2. The first-order valence-corrected chi connectivity index (χ1v) is 8.70. The van der Waals surface area contributed by atoms with Crippen LogP contribution in [0.3, 0.4) is 0 Å². The quantitative estimate of drug-likeness (QED) is 0.658. The Morgan fingerprint density at radius 1 is 1.08 bits per heavy atom. The van der Waals surface area contributed by atoms with Gasteiger partial charge in [-0.3, -0.25) is 4.79 Å². The Labute approximate surface area is 150 Å². The molecule has 2 aromatic carbocycles. The van der Waals surface area contributed by atoms with Crippen molar-refractivity contribution < 1.29 is 14.3 Å². The predicted octanol–water partition coefficient (Wildman–Crippen LogP) is 3.63. The molecule has 0 bridgehead atoms. The molecule has 3 aromatic rings. The minimum absolute atomic E-state index is 0.201. The molecule has 0 atom stereocenters. The number of amides is 1. The number of hydrogen-bond acceptors (Lipinski definition) is 5. The number of aromatic nitrogens is 1. The van der Waals surface area contributed by atoms with E-state index < -0.39 is 0 Å². The molecule has 0 fully saturated rings. The van der Waals surface area contributed by atoms with Crippen LogP contribution in [0.1, 0.15) is 10.5 Å². The first-order chi connectivity index (χ1) is 12.3. The molecule has 128 valence electrons. The van der Waals surface area contributed by atoms with Gasteiger partial charge in [0.1, 0.15) is 28.8 Å². The van der Waals surface area contributed by atoms with Crippen molar-refractivity contribution in [1.29, 1.82) is 0 Å². The van der Waals surface area contributed by atoms with Crippen molar-refractivity contribution in [1.82, 2.24) is 10.3 Å². The molecule has 25 heavy (non-hydrogen) atoms. The first kappa shape index (κ1) is 17.0. The Hall–Kier alpha value is -2.86. The van der Waals surface area contributed by atoms with E-state index in [4.69, 9.17) is 9.47 Å². The molecule has 0 spiro atoms. The van der Waals surface area contributed by atoms with Gasteiger partial charge in [0.2, 0.25) is 0 Å². The lowest BCUT2D eigenvalue weighted by molar-refractivity contribution is 0.0943. The third kappa shape index (κ3) is 4.58. The highest BCUT2D eigenvalue weighted by Crippen LogP contribution is 2.25. The molecule has 3 rings (SSSR count). The number of nitrogens with one attached hydrogen (secondary N) is 1. The number of hydrogen-bond donors (Lipinski definition) is 1. The number of benzene rings is 2. The SMILES string of the molecule is COc1ccc(-c2nc(C(=O)NCCOc3ccccc3)cs2)cc1. The summed E-state index contributed by atoms with van der Waals surface area (Å²) < 4.78 is 10.7. The second-order valence-corrected chi connectivity index (χ2v) is 6.04. The lowest BCUT2D eigenvalue weighted by atomic mass is 10.2. The van der Waals surface area contributed by atoms with Crippen LogP contribution in [0, 0.1) is 0 Å². The standard InChI is InChI=1S/C19H18N2O3S/c1-23-15-9-7-14(8-10-15)19-21-17(13-25-19)18(22)20-11-12-24-16-5-3-2-4-6-16/h2-10,13H,11-12H2,1H3,(H,20,22). The molecule has 1 aromatic heterocycles. The van der Waals surface area contributed by atoms with Crippen molar-refractivity contribution in [3.63, 3.8) is 0 Å². The molecule has 1 N–H and O–H groups in total. The van der Waals surface area contributed by atoms with E-state index in [9.17, 15) is 4.79 Å². The zero-order valence-electron chi connectivity index (χ0n) is 13.8. The van der Waals surface area contributed by atoms with Crippen LogP contribution in [0.15, 0.2) is 60.0 Å². The van der Waals surface area contributed by atoms with E-state index in [0.717, 1.165) is 22.1 Å². The number of para-hydroxylation sites is 1. The van der Waals surface area contributed by atoms with Gasteiger partial charge >= 0.3 is 0 Å². The molecule has 0 aliphatic carbocycles. The molecule has 0 saturated carbocycles. The third-order valence-electron chi connectivity index (χ3n) is 3.47. The number of rotatable bonds is 7. The van der Waals surface area contributed by atoms with Crippen LogP contribution >= 0.6 is 11.3 Å². The number of methoxy groups -OCH3 is 1. The van der Waals surface area contributed by atoms with Crippen molar-refractivity contribution in [2.75, 3.05) is 20.3 Å². The summed E-state index contributed by atoms with van der Waals surface area (Å²) in [6.45, 7) is 0.828. The number of carbonyl (C=O) groups is 1. The summed E-state index contributed by atoms with van der Waals surface area (Å²) in [4.78, 5) is 16.6. The van der Waals surface area contributed by atoms with Crippen molar-refractivity contribution >= 4 is 17.2 Å². The van der Waals surface area contributed by atoms with Crippen LogP contribution in [0.4, 0.5) is 0 Å². The van der Waals surface area contributed by atoms with Crippen LogP contribution in [-0.2, 0) is 0 Å². The normalized spacial score (nSPS) is 10.3. The highest BCUT2D eigenvalue weighted by atomic mass is 32.1. The van der Waals surface area contributed by atoms with Crippen LogP contribution in [0.25, 0.3) is 10.6 Å². The fraction of sp³-hybridized carbons (Fsp3) is 0.158. The molecule has 5 nitrogen and oxygen atoms in total. The van der Waals surface area contributed by atoms with Crippen molar-refractivity contribution in [3.8, 4) is 22.1 Å². The maximum absolute atomic E-state index is 12.2. The van der Waals surface area contributed by atoms with Gasteiger partial charge in [0, 0.05) is 10.9 Å². The molecule has 6 heteroatoms. The minimum atomic E-state index is -0.201. The Morgan fingerprint density at radius 3 is 2.56 bits per heavy atom. The number of thiazole rings is 1. The van der Waals surface area contributed by atoms with Crippen molar-refractivity contribution in [2.45, 2.75) is 0 Å². The van der Waals surface area contributed by atoms with E-state index in [0.29, 0.717) is 18.8 Å². The van der Waals surface area contributed by atoms with Gasteiger partial charge in [0.25, 0.3) is 5.91 Å². The number of ether oxygens (including phenoxy) is 2. The Balaban J connectivity index is 1.51. The van der Waals surface area contributed by atoms with Gasteiger partial charge < -0.3 is 14.8 Å². The Morgan fingerprint density at radius 2 is 1.84 bits per heavy atom. The van der Waals surface area contributed by atoms with Crippen molar-refractivity contribution in [2.24, 2.45) is 0 Å². The van der Waals surface area contributed by atoms with Gasteiger partial charge in [-0.25, -0.2) is 4.98 Å². The lowest BCUT2D eigenvalue weighted by Crippen LogP contribution is -2.28. The van der Waals surface area contributed by atoms with Crippen LogP contribution in [0.5, 0.6) is 11.5 Å². The fourth-order valence-corrected chi connectivity index (χ4v) is 2.99. The second kappa shape index (κ2) is 8.30. The summed E-state index contributed by atoms with van der Waals surface area (Å²) in [7, 11) is 1.63. The predicted molar refractivity (Wildman–Crippen MR) is 98.4 cm³/mol. The van der Waals surface area contributed by atoms with Gasteiger partial charge in [-0.15, -0.1) is 11.3 Å². The van der Waals surface area contributed by atoms with Gasteiger partial charge in [-0.1, -0.05) is 18.2 Å². The molecule has 0 radical (unpaired) electrons. The molecule has 1 amide bonds. The monoisotopic (exact) mass is 354 g/mol. The van der Waals surface area contributed by atoms with E-state index in [-0.39, 0.29) is 5.91 Å². The van der Waals surface area contributed by atoms with Gasteiger partial charge in [0.15, 0.2) is 0 Å². The van der Waals surface area contributed by atoms with Crippen LogP contribution in [0.2, 0.25) is 0 Å². The molecule has 0 aliphatic heterocycles. The smallest absolute Gasteiger partial charge is 0.270 e. The average molecular weight is 354 g/mol. The zero-order valence-corrected chi connectivity index (χ0v) is 14.6. The van der Waals surface area contributed by atoms with Gasteiger partial charge in [-0.2, -0.15) is 0 Å². The molecular formula is C19H18N2O3S. The van der Waals surface area contributed by atoms with E-state index in [1.54, 1.807) is 12.5 Å². The third-order valence-corrected chi connectivity index (χ3v) is 4.36. The zero-order chi connectivity index (χ0) is 17.5. The van der Waals surface area contributed by atoms with Gasteiger partial charge in [-0.05, 0) is 36.4 Å². The summed E-state index contributed by atoms with van der Waals surface area (Å²) in [5.41, 5.74) is 1.37. The van der Waals surface area contributed by atoms with Crippen LogP contribution < -0.4 is 14.8 Å². The summed E-state index contributed by atoms with van der Waals surface area (Å²) in [6.07, 6.45) is 0. The molecule has 0 saturated heterocycles. The number of carbonyl (C=O) groups excluding carboxylic acids is 1. The van der Waals surface area contributed by atoms with E-state index in [1.165, 1.54) is 11.3 Å². The summed E-state index contributed by atoms with van der Waals surface area (Å²) in [5, 5.41) is 5.37. The van der Waals surface area contributed by atoms with E-state index >= 15 is 0 Å². The highest BCUT2D eigenvalue weighted by Gasteiger charge is 2.11. The van der Waals surface area contributed by atoms with E-state index in [2.05, 4.69) is 10.3 Å².